The van der Waals surface area contributed by atoms with Gasteiger partial charge in [0.2, 0.25) is 11.8 Å². The number of hydrogen-bond acceptors (Lipinski definition) is 7. The maximum Gasteiger partial charge on any atom is 0.234 e. The molecule has 6 N–H and O–H groups in total. The van der Waals surface area contributed by atoms with Gasteiger partial charge in [0.25, 0.3) is 0 Å². The molecule has 0 aromatic carbocycles. The Hall–Kier alpha value is -1.52. The Morgan fingerprint density at radius 2 is 1.12 bits per heavy atom. The molecule has 288 valence electrons. The van der Waals surface area contributed by atoms with Crippen molar-refractivity contribution in [2.75, 3.05) is 19.7 Å². The molecule has 49 heavy (non-hydrogen) atoms. The van der Waals surface area contributed by atoms with Gasteiger partial charge in [-0.2, -0.15) is 0 Å². The lowest BCUT2D eigenvalue weighted by Crippen LogP contribution is -2.69. The van der Waals surface area contributed by atoms with E-state index in [1.54, 1.807) is 4.90 Å². The number of nitrogens with one attached hydrogen (secondary N) is 1. The molecule has 9 nitrogen and oxygen atoms in total. The predicted octanol–water partition coefficient (Wildman–Crippen LogP) is 7.44. The van der Waals surface area contributed by atoms with Crippen molar-refractivity contribution in [2.24, 2.45) is 5.73 Å². The van der Waals surface area contributed by atoms with Crippen molar-refractivity contribution in [1.29, 1.82) is 0 Å². The van der Waals surface area contributed by atoms with E-state index in [0.717, 1.165) is 57.8 Å². The highest BCUT2D eigenvalue weighted by atomic mass is 16.5. The summed E-state index contributed by atoms with van der Waals surface area (Å²) in [7, 11) is 0. The molecule has 0 saturated carbocycles. The summed E-state index contributed by atoms with van der Waals surface area (Å²) < 4.78 is 6.03. The number of ether oxygens (including phenoxy) is 1. The zero-order chi connectivity index (χ0) is 36.0. The van der Waals surface area contributed by atoms with Crippen molar-refractivity contribution in [3.05, 3.63) is 12.2 Å². The van der Waals surface area contributed by atoms with Crippen LogP contribution in [0.15, 0.2) is 12.2 Å². The molecule has 1 heterocycles. The lowest BCUT2D eigenvalue weighted by atomic mass is 9.94. The van der Waals surface area contributed by atoms with Crippen molar-refractivity contribution in [2.45, 2.75) is 211 Å². The third-order valence-electron chi connectivity index (χ3n) is 9.95. The number of nitrogens with two attached hydrogens (primary N) is 1. The number of hydrogen-bond donors (Lipinski definition) is 5. The Labute approximate surface area is 300 Å². The van der Waals surface area contributed by atoms with E-state index < -0.39 is 43.1 Å². The molecular formula is C40H77N3O6. The SMILES string of the molecule is CCCCCCCC/C=C/CCCCCCCC(=O)N(CCCCCCCCCCCCCC)[C@@H]1O[C@H](CO)[C@@H](O)[C@H](O)[C@H]1NC(=O)CN. The van der Waals surface area contributed by atoms with E-state index in [-0.39, 0.29) is 12.5 Å². The first-order chi connectivity index (χ1) is 23.9. The number of nitrogens with zero attached hydrogens (tertiary/aromatic N) is 1. The summed E-state index contributed by atoms with van der Waals surface area (Å²) in [6.45, 7) is 4.11. The first-order valence-electron chi connectivity index (χ1n) is 20.5. The fourth-order valence-corrected chi connectivity index (χ4v) is 6.77. The van der Waals surface area contributed by atoms with Crippen molar-refractivity contribution in [1.82, 2.24) is 10.2 Å². The second-order valence-electron chi connectivity index (χ2n) is 14.3. The molecule has 0 bridgehead atoms. The van der Waals surface area contributed by atoms with Crippen LogP contribution in [0.3, 0.4) is 0 Å². The molecule has 9 heteroatoms. The number of aliphatic hydroxyl groups excluding tert-OH is 3. The van der Waals surface area contributed by atoms with Crippen molar-refractivity contribution >= 4 is 11.8 Å². The molecule has 5 atom stereocenters. The van der Waals surface area contributed by atoms with Gasteiger partial charge >= 0.3 is 0 Å². The van der Waals surface area contributed by atoms with Crippen molar-refractivity contribution in [3.8, 4) is 0 Å². The molecule has 0 aliphatic carbocycles. The van der Waals surface area contributed by atoms with Gasteiger partial charge in [-0.1, -0.05) is 148 Å². The molecule has 1 aliphatic heterocycles. The summed E-state index contributed by atoms with van der Waals surface area (Å²) in [6, 6.07) is -1.05. The molecule has 0 aromatic heterocycles. The van der Waals surface area contributed by atoms with Crippen molar-refractivity contribution in [3.63, 3.8) is 0 Å². The fraction of sp³-hybridized carbons (Fsp3) is 0.900. The maximum absolute atomic E-state index is 13.7. The normalized spacial score (nSPS) is 21.0. The maximum atomic E-state index is 13.7. The van der Waals surface area contributed by atoms with Crippen LogP contribution in [0.4, 0.5) is 0 Å². The summed E-state index contributed by atoms with van der Waals surface area (Å²) in [5.74, 6) is -0.611. The number of amides is 2. The lowest BCUT2D eigenvalue weighted by Gasteiger charge is -2.46. The van der Waals surface area contributed by atoms with Gasteiger partial charge in [-0.05, 0) is 38.5 Å². The molecule has 0 unspecified atom stereocenters. The predicted molar refractivity (Wildman–Crippen MR) is 201 cm³/mol. The first kappa shape index (κ1) is 45.5. The largest absolute Gasteiger partial charge is 0.394 e. The van der Waals surface area contributed by atoms with Gasteiger partial charge in [-0.25, -0.2) is 0 Å². The van der Waals surface area contributed by atoms with Gasteiger partial charge in [0, 0.05) is 13.0 Å². The standard InChI is InChI=1S/C40H77N3O6/c1-3-5-7-9-11-13-15-17-18-19-20-22-24-26-28-30-36(46)43(31-29-27-25-23-21-16-14-12-10-8-6-4-2)40-37(42-35(45)32-41)39(48)38(47)34(33-44)49-40/h17-18,34,37-40,44,47-48H,3-16,19-33,41H2,1-2H3,(H,42,45)/b18-17+/t34-,37-,38-,39-,40-/m1/s1. The Balaban J connectivity index is 2.57. The monoisotopic (exact) mass is 696 g/mol. The Morgan fingerprint density at radius 1 is 0.673 bits per heavy atom. The number of rotatable bonds is 32. The highest BCUT2D eigenvalue weighted by Crippen LogP contribution is 2.26. The van der Waals surface area contributed by atoms with Gasteiger partial charge < -0.3 is 36.0 Å². The van der Waals surface area contributed by atoms with Crippen LogP contribution in [0, 0.1) is 0 Å². The van der Waals surface area contributed by atoms with Crippen LogP contribution in [0.25, 0.3) is 0 Å². The third kappa shape index (κ3) is 21.4. The molecule has 0 radical (unpaired) electrons. The van der Waals surface area contributed by atoms with E-state index in [0.29, 0.717) is 13.0 Å². The number of carbonyl (C=O) groups is 2. The van der Waals surface area contributed by atoms with Crippen LogP contribution in [-0.2, 0) is 14.3 Å². The van der Waals surface area contributed by atoms with Crippen LogP contribution in [-0.4, -0.2) is 82.3 Å². The van der Waals surface area contributed by atoms with Crippen LogP contribution in [0.2, 0.25) is 0 Å². The number of aliphatic hydroxyl groups is 3. The zero-order valence-corrected chi connectivity index (χ0v) is 31.6. The summed E-state index contributed by atoms with van der Waals surface area (Å²) >= 11 is 0. The van der Waals surface area contributed by atoms with Crippen LogP contribution >= 0.6 is 0 Å². The minimum absolute atomic E-state index is 0.0991. The Morgan fingerprint density at radius 3 is 1.59 bits per heavy atom. The van der Waals surface area contributed by atoms with E-state index in [1.807, 2.05) is 0 Å². The van der Waals surface area contributed by atoms with Gasteiger partial charge in [-0.15, -0.1) is 0 Å². The van der Waals surface area contributed by atoms with E-state index in [4.69, 9.17) is 10.5 Å². The topological polar surface area (TPSA) is 145 Å². The minimum Gasteiger partial charge on any atom is -0.394 e. The summed E-state index contributed by atoms with van der Waals surface area (Å²) in [5, 5.41) is 34.0. The second-order valence-corrected chi connectivity index (χ2v) is 14.3. The van der Waals surface area contributed by atoms with Crippen LogP contribution in [0.5, 0.6) is 0 Å². The van der Waals surface area contributed by atoms with Crippen LogP contribution in [0.1, 0.15) is 181 Å². The Bertz CT molecular complexity index is 828. The van der Waals surface area contributed by atoms with Crippen LogP contribution < -0.4 is 11.1 Å². The quantitative estimate of drug-likeness (QED) is 0.0363. The molecule has 1 rings (SSSR count). The van der Waals surface area contributed by atoms with Gasteiger partial charge in [-0.3, -0.25) is 9.59 Å². The van der Waals surface area contributed by atoms with Gasteiger partial charge in [0.15, 0.2) is 6.23 Å². The fourth-order valence-electron chi connectivity index (χ4n) is 6.77. The molecule has 1 aliphatic rings. The summed E-state index contributed by atoms with van der Waals surface area (Å²) in [4.78, 5) is 27.6. The third-order valence-corrected chi connectivity index (χ3v) is 9.95. The van der Waals surface area contributed by atoms with Gasteiger partial charge in [0.05, 0.1) is 13.2 Å². The second kappa shape index (κ2) is 31.2. The minimum atomic E-state index is -1.41. The molecule has 2 amide bonds. The molecule has 1 fully saturated rings. The average Bonchev–Trinajstić information content (AvgIpc) is 3.10. The molecule has 0 spiro atoms. The number of allylic oxidation sites excluding steroid dienone is 2. The van der Waals surface area contributed by atoms with E-state index in [9.17, 15) is 24.9 Å². The highest BCUT2D eigenvalue weighted by Gasteiger charge is 2.48. The average molecular weight is 696 g/mol. The zero-order valence-electron chi connectivity index (χ0n) is 31.6. The number of unbranched alkanes of at least 4 members (excludes halogenated alkanes) is 22. The lowest BCUT2D eigenvalue weighted by molar-refractivity contribution is -0.231. The highest BCUT2D eigenvalue weighted by molar-refractivity contribution is 5.79. The molecule has 1 saturated heterocycles. The Kier molecular flexibility index (Phi) is 29.0. The molecular weight excluding hydrogens is 618 g/mol. The van der Waals surface area contributed by atoms with Gasteiger partial charge in [0.1, 0.15) is 24.4 Å². The summed E-state index contributed by atoms with van der Waals surface area (Å²) in [6.07, 6.45) is 29.9. The van der Waals surface area contributed by atoms with E-state index >= 15 is 0 Å². The number of carbonyl (C=O) groups excluding carboxylic acids is 2. The summed E-state index contributed by atoms with van der Waals surface area (Å²) in [5.41, 5.74) is 5.54. The first-order valence-corrected chi connectivity index (χ1v) is 20.5. The van der Waals surface area contributed by atoms with E-state index in [2.05, 4.69) is 31.3 Å². The molecule has 0 aromatic rings. The smallest absolute Gasteiger partial charge is 0.234 e. The van der Waals surface area contributed by atoms with Crippen molar-refractivity contribution < 1.29 is 29.6 Å². The van der Waals surface area contributed by atoms with E-state index in [1.165, 1.54) is 103 Å².